The molecule has 128 valence electrons. The summed E-state index contributed by atoms with van der Waals surface area (Å²) in [5.41, 5.74) is 4.73. The molecule has 3 nitrogen and oxygen atoms in total. The maximum absolute atomic E-state index is 12.1. The first-order chi connectivity index (χ1) is 12.0. The van der Waals surface area contributed by atoms with E-state index in [-0.39, 0.29) is 11.3 Å². The van der Waals surface area contributed by atoms with Gasteiger partial charge in [0.2, 0.25) is 0 Å². The van der Waals surface area contributed by atoms with Crippen LogP contribution in [0.4, 0.5) is 4.79 Å². The van der Waals surface area contributed by atoms with Crippen molar-refractivity contribution in [2.24, 2.45) is 5.41 Å². The Morgan fingerprint density at radius 1 is 1.12 bits per heavy atom. The molecule has 0 aliphatic heterocycles. The molecule has 1 aliphatic carbocycles. The monoisotopic (exact) mass is 333 g/mol. The fourth-order valence-corrected chi connectivity index (χ4v) is 3.30. The summed E-state index contributed by atoms with van der Waals surface area (Å²) < 4.78 is 5.51. The Kier molecular flexibility index (Phi) is 4.81. The first-order valence-electron chi connectivity index (χ1n) is 8.54. The lowest BCUT2D eigenvalue weighted by Gasteiger charge is -2.22. The van der Waals surface area contributed by atoms with Gasteiger partial charge in [-0.2, -0.15) is 0 Å². The third-order valence-electron chi connectivity index (χ3n) is 4.64. The van der Waals surface area contributed by atoms with Crippen LogP contribution >= 0.6 is 0 Å². The van der Waals surface area contributed by atoms with E-state index in [9.17, 15) is 4.79 Å². The first kappa shape index (κ1) is 17.1. The largest absolute Gasteiger partial charge is 0.449 e. The predicted molar refractivity (Wildman–Crippen MR) is 100 cm³/mol. The third kappa shape index (κ3) is 3.69. The van der Waals surface area contributed by atoms with Crippen molar-refractivity contribution in [2.45, 2.75) is 26.2 Å². The Bertz CT molecular complexity index is 771. The lowest BCUT2D eigenvalue weighted by molar-refractivity contribution is 0.138. The zero-order valence-corrected chi connectivity index (χ0v) is 14.7. The minimum absolute atomic E-state index is 0.0804. The zero-order valence-electron chi connectivity index (χ0n) is 14.7. The van der Waals surface area contributed by atoms with Crippen LogP contribution in [0.1, 0.15) is 37.3 Å². The highest BCUT2D eigenvalue weighted by molar-refractivity contribution is 5.79. The average Bonchev–Trinajstić information content (AvgIpc) is 2.92. The van der Waals surface area contributed by atoms with E-state index in [4.69, 9.17) is 11.2 Å². The standard InChI is InChI=1S/C22H23NO2/c1-4-13-22(2,3)15-23-21(24)25-14-20-18-11-7-5-9-16(18)17-10-6-8-12-19(17)20/h1,5-12,20H,13-15H2,2-3H3,(H,23,24). The molecular formula is C22H23NO2. The molecule has 0 unspecified atom stereocenters. The number of carbonyl (C=O) groups excluding carboxylic acids is 1. The summed E-state index contributed by atoms with van der Waals surface area (Å²) in [6.45, 7) is 4.87. The summed E-state index contributed by atoms with van der Waals surface area (Å²) in [5, 5.41) is 2.82. The van der Waals surface area contributed by atoms with Gasteiger partial charge in [-0.05, 0) is 27.7 Å². The lowest BCUT2D eigenvalue weighted by atomic mass is 9.90. The Balaban J connectivity index is 1.66. The minimum Gasteiger partial charge on any atom is -0.449 e. The van der Waals surface area contributed by atoms with Gasteiger partial charge in [-0.3, -0.25) is 0 Å². The van der Waals surface area contributed by atoms with Crippen LogP contribution in [0.2, 0.25) is 0 Å². The van der Waals surface area contributed by atoms with Gasteiger partial charge in [0.05, 0.1) is 0 Å². The van der Waals surface area contributed by atoms with Crippen LogP contribution in [0.3, 0.4) is 0 Å². The van der Waals surface area contributed by atoms with Gasteiger partial charge in [0.15, 0.2) is 0 Å². The van der Waals surface area contributed by atoms with Crippen molar-refractivity contribution in [3.05, 3.63) is 59.7 Å². The van der Waals surface area contributed by atoms with Gasteiger partial charge in [-0.1, -0.05) is 62.4 Å². The van der Waals surface area contributed by atoms with Gasteiger partial charge >= 0.3 is 6.09 Å². The Labute approximate surface area is 149 Å². The maximum Gasteiger partial charge on any atom is 0.407 e. The number of benzene rings is 2. The van der Waals surface area contributed by atoms with Gasteiger partial charge in [0.25, 0.3) is 0 Å². The molecule has 0 spiro atoms. The molecule has 1 N–H and O–H groups in total. The Morgan fingerprint density at radius 2 is 1.68 bits per heavy atom. The van der Waals surface area contributed by atoms with Gasteiger partial charge in [-0.25, -0.2) is 4.79 Å². The van der Waals surface area contributed by atoms with E-state index in [1.165, 1.54) is 22.3 Å². The molecule has 0 aromatic heterocycles. The number of hydrogen-bond acceptors (Lipinski definition) is 2. The first-order valence-corrected chi connectivity index (χ1v) is 8.54. The predicted octanol–water partition coefficient (Wildman–Crippen LogP) is 4.57. The van der Waals surface area contributed by atoms with Crippen molar-refractivity contribution in [1.29, 1.82) is 0 Å². The molecule has 3 heteroatoms. The fraction of sp³-hybridized carbons (Fsp3) is 0.318. The van der Waals surface area contributed by atoms with E-state index in [0.29, 0.717) is 19.6 Å². The van der Waals surface area contributed by atoms with Crippen molar-refractivity contribution in [3.63, 3.8) is 0 Å². The van der Waals surface area contributed by atoms with Gasteiger partial charge in [0, 0.05) is 18.9 Å². The van der Waals surface area contributed by atoms with E-state index in [1.54, 1.807) is 0 Å². The molecule has 2 aromatic carbocycles. The highest BCUT2D eigenvalue weighted by atomic mass is 16.5. The molecule has 0 saturated carbocycles. The number of carbonyl (C=O) groups is 1. The van der Waals surface area contributed by atoms with Crippen LogP contribution < -0.4 is 5.32 Å². The number of amides is 1. The van der Waals surface area contributed by atoms with Gasteiger partial charge in [0.1, 0.15) is 6.61 Å². The summed E-state index contributed by atoms with van der Waals surface area (Å²) in [4.78, 5) is 12.1. The van der Waals surface area contributed by atoms with Crippen molar-refractivity contribution in [2.75, 3.05) is 13.2 Å². The highest BCUT2D eigenvalue weighted by Gasteiger charge is 2.29. The van der Waals surface area contributed by atoms with Crippen molar-refractivity contribution in [3.8, 4) is 23.5 Å². The van der Waals surface area contributed by atoms with Crippen LogP contribution in [0.5, 0.6) is 0 Å². The second-order valence-corrected chi connectivity index (χ2v) is 7.22. The second-order valence-electron chi connectivity index (χ2n) is 7.22. The summed E-state index contributed by atoms with van der Waals surface area (Å²) in [7, 11) is 0. The van der Waals surface area contributed by atoms with Gasteiger partial charge in [-0.15, -0.1) is 12.3 Å². The smallest absolute Gasteiger partial charge is 0.407 e. The van der Waals surface area contributed by atoms with Crippen LogP contribution in [0.25, 0.3) is 11.1 Å². The number of alkyl carbamates (subject to hydrolysis) is 1. The molecule has 0 heterocycles. The molecule has 0 radical (unpaired) electrons. The number of fused-ring (bicyclic) bond motifs is 3. The topological polar surface area (TPSA) is 38.3 Å². The molecule has 3 rings (SSSR count). The number of nitrogens with one attached hydrogen (secondary N) is 1. The fourth-order valence-electron chi connectivity index (χ4n) is 3.30. The Hall–Kier alpha value is -2.73. The van der Waals surface area contributed by atoms with Crippen LogP contribution in [-0.2, 0) is 4.74 Å². The molecule has 0 saturated heterocycles. The second kappa shape index (κ2) is 7.03. The number of terminal acetylenes is 1. The van der Waals surface area contributed by atoms with E-state index in [0.717, 1.165) is 0 Å². The van der Waals surface area contributed by atoms with E-state index >= 15 is 0 Å². The summed E-state index contributed by atoms with van der Waals surface area (Å²) >= 11 is 0. The summed E-state index contributed by atoms with van der Waals surface area (Å²) in [5.74, 6) is 2.72. The molecule has 0 bridgehead atoms. The highest BCUT2D eigenvalue weighted by Crippen LogP contribution is 2.44. The molecule has 25 heavy (non-hydrogen) atoms. The number of ether oxygens (including phenoxy) is 1. The van der Waals surface area contributed by atoms with E-state index in [1.807, 2.05) is 38.1 Å². The average molecular weight is 333 g/mol. The van der Waals surface area contributed by atoms with Crippen LogP contribution in [0, 0.1) is 17.8 Å². The molecule has 1 amide bonds. The zero-order chi connectivity index (χ0) is 17.9. The summed E-state index contributed by atoms with van der Waals surface area (Å²) in [6, 6.07) is 16.6. The normalized spacial score (nSPS) is 12.8. The molecule has 0 atom stereocenters. The molecule has 2 aromatic rings. The maximum atomic E-state index is 12.1. The third-order valence-corrected chi connectivity index (χ3v) is 4.64. The molecular weight excluding hydrogens is 310 g/mol. The summed E-state index contributed by atoms with van der Waals surface area (Å²) in [6.07, 6.45) is 5.57. The van der Waals surface area contributed by atoms with E-state index in [2.05, 4.69) is 35.5 Å². The minimum atomic E-state index is -0.396. The number of hydrogen-bond donors (Lipinski definition) is 1. The van der Waals surface area contributed by atoms with Crippen molar-refractivity contribution < 1.29 is 9.53 Å². The Morgan fingerprint density at radius 3 is 2.24 bits per heavy atom. The van der Waals surface area contributed by atoms with Crippen LogP contribution in [0.15, 0.2) is 48.5 Å². The SMILES string of the molecule is C#CCC(C)(C)CNC(=O)OCC1c2ccccc2-c2ccccc21. The van der Waals surface area contributed by atoms with Crippen LogP contribution in [-0.4, -0.2) is 19.2 Å². The van der Waals surface area contributed by atoms with Crippen molar-refractivity contribution >= 4 is 6.09 Å². The molecule has 1 aliphatic rings. The number of rotatable bonds is 5. The van der Waals surface area contributed by atoms with E-state index < -0.39 is 6.09 Å². The van der Waals surface area contributed by atoms with Crippen molar-refractivity contribution in [1.82, 2.24) is 5.32 Å². The quantitative estimate of drug-likeness (QED) is 0.814. The van der Waals surface area contributed by atoms with Gasteiger partial charge < -0.3 is 10.1 Å². The lowest BCUT2D eigenvalue weighted by Crippen LogP contribution is -2.34. The molecule has 0 fully saturated rings.